The quantitative estimate of drug-likeness (QED) is 0.378. The molecule has 0 spiro atoms. The van der Waals surface area contributed by atoms with Crippen molar-refractivity contribution in [2.45, 2.75) is 4.90 Å². The molecule has 0 unspecified atom stereocenters. The third-order valence-corrected chi connectivity index (χ3v) is 3.05. The molecule has 2 nitrogen and oxygen atoms in total. The highest BCUT2D eigenvalue weighted by atomic mass is 35.5. The number of rotatable bonds is 0. The SMILES string of the molecule is ClC1=NSc2ccccc2N1Cl. The van der Waals surface area contributed by atoms with Crippen molar-refractivity contribution in [3.8, 4) is 0 Å². The van der Waals surface area contributed by atoms with Crippen LogP contribution < -0.4 is 4.42 Å². The van der Waals surface area contributed by atoms with Crippen molar-refractivity contribution < 1.29 is 0 Å². The Morgan fingerprint density at radius 3 is 2.92 bits per heavy atom. The molecule has 0 N–H and O–H groups in total. The maximum atomic E-state index is 5.85. The molecule has 1 heterocycles. The Labute approximate surface area is 84.4 Å². The van der Waals surface area contributed by atoms with Gasteiger partial charge in [-0.2, -0.15) is 4.40 Å². The molecule has 1 aliphatic rings. The van der Waals surface area contributed by atoms with Crippen molar-refractivity contribution in [3.05, 3.63) is 24.3 Å². The number of nitrogens with zero attached hydrogens (tertiary/aromatic N) is 2. The summed E-state index contributed by atoms with van der Waals surface area (Å²) < 4.78 is 5.29. The zero-order valence-electron chi connectivity index (χ0n) is 5.87. The lowest BCUT2D eigenvalue weighted by Gasteiger charge is -2.19. The molecular formula is C7H4Cl2N2S. The average Bonchev–Trinajstić information content (AvgIpc) is 2.12. The van der Waals surface area contributed by atoms with Crippen molar-refractivity contribution in [1.82, 2.24) is 0 Å². The number of benzene rings is 1. The first-order valence-electron chi connectivity index (χ1n) is 3.24. The van der Waals surface area contributed by atoms with Gasteiger partial charge >= 0.3 is 0 Å². The van der Waals surface area contributed by atoms with Crippen molar-refractivity contribution in [3.63, 3.8) is 0 Å². The third kappa shape index (κ3) is 1.28. The van der Waals surface area contributed by atoms with Crippen LogP contribution in [0, 0.1) is 0 Å². The maximum Gasteiger partial charge on any atom is 0.225 e. The summed E-state index contributed by atoms with van der Waals surface area (Å²) in [5.74, 6) is 0. The number of amidine groups is 1. The summed E-state index contributed by atoms with van der Waals surface area (Å²) in [4.78, 5) is 1.01. The topological polar surface area (TPSA) is 15.6 Å². The number of hydrogen-bond donors (Lipinski definition) is 0. The summed E-state index contributed by atoms with van der Waals surface area (Å²) in [5, 5.41) is 0.292. The number of halogens is 2. The van der Waals surface area contributed by atoms with E-state index in [1.807, 2.05) is 24.3 Å². The van der Waals surface area contributed by atoms with E-state index in [-0.39, 0.29) is 0 Å². The van der Waals surface area contributed by atoms with Crippen LogP contribution in [0.15, 0.2) is 33.6 Å². The summed E-state index contributed by atoms with van der Waals surface area (Å²) in [6.07, 6.45) is 0. The van der Waals surface area contributed by atoms with Gasteiger partial charge in [0.25, 0.3) is 0 Å². The van der Waals surface area contributed by atoms with Gasteiger partial charge in [0.15, 0.2) is 0 Å². The van der Waals surface area contributed by atoms with Crippen molar-refractivity contribution in [2.24, 2.45) is 4.40 Å². The van der Waals surface area contributed by atoms with Gasteiger partial charge in [-0.05, 0) is 23.7 Å². The van der Waals surface area contributed by atoms with Crippen LogP contribution in [-0.4, -0.2) is 5.29 Å². The molecule has 5 heteroatoms. The minimum atomic E-state index is 0.292. The minimum absolute atomic E-state index is 0.292. The lowest BCUT2D eigenvalue weighted by molar-refractivity contribution is 1.35. The van der Waals surface area contributed by atoms with Gasteiger partial charge in [-0.25, -0.2) is 4.42 Å². The van der Waals surface area contributed by atoms with E-state index in [2.05, 4.69) is 4.40 Å². The molecule has 1 aromatic rings. The van der Waals surface area contributed by atoms with Crippen molar-refractivity contribution >= 4 is 46.3 Å². The average molecular weight is 219 g/mol. The van der Waals surface area contributed by atoms with Gasteiger partial charge in [0.2, 0.25) is 5.29 Å². The van der Waals surface area contributed by atoms with E-state index >= 15 is 0 Å². The van der Waals surface area contributed by atoms with Crippen LogP contribution in [0.5, 0.6) is 0 Å². The van der Waals surface area contributed by atoms with Crippen molar-refractivity contribution in [2.75, 3.05) is 4.42 Å². The molecule has 0 saturated heterocycles. The molecule has 12 heavy (non-hydrogen) atoms. The maximum absolute atomic E-state index is 5.85. The Morgan fingerprint density at radius 2 is 2.08 bits per heavy atom. The van der Waals surface area contributed by atoms with E-state index in [1.54, 1.807) is 0 Å². The van der Waals surface area contributed by atoms with Crippen LogP contribution >= 0.6 is 35.3 Å². The first-order chi connectivity index (χ1) is 5.79. The second kappa shape index (κ2) is 3.17. The highest BCUT2D eigenvalue weighted by molar-refractivity contribution is 7.98. The number of hydrogen-bond acceptors (Lipinski definition) is 3. The van der Waals surface area contributed by atoms with Gasteiger partial charge in [-0.15, -0.1) is 0 Å². The Hall–Kier alpha value is -0.380. The van der Waals surface area contributed by atoms with Gasteiger partial charge in [0, 0.05) is 23.7 Å². The molecule has 0 aromatic heterocycles. The van der Waals surface area contributed by atoms with Gasteiger partial charge in [0.05, 0.1) is 10.6 Å². The van der Waals surface area contributed by atoms with E-state index in [9.17, 15) is 0 Å². The fourth-order valence-corrected chi connectivity index (χ4v) is 2.04. The molecule has 62 valence electrons. The Morgan fingerprint density at radius 1 is 1.33 bits per heavy atom. The summed E-state index contributed by atoms with van der Waals surface area (Å²) in [6.45, 7) is 0. The first kappa shape index (κ1) is 8.23. The second-order valence-electron chi connectivity index (χ2n) is 2.20. The molecular weight excluding hydrogens is 215 g/mol. The summed E-state index contributed by atoms with van der Waals surface area (Å²) in [7, 11) is 0. The smallest absolute Gasteiger partial charge is 0.225 e. The minimum Gasteiger partial charge on any atom is -0.225 e. The highest BCUT2D eigenvalue weighted by Gasteiger charge is 2.17. The largest absolute Gasteiger partial charge is 0.225 e. The summed E-state index contributed by atoms with van der Waals surface area (Å²) in [5.41, 5.74) is 0.879. The standard InChI is InChI=1S/C7H4Cl2N2S/c8-7-10-12-6-4-2-1-3-5(6)11(7)9/h1-4H. The van der Waals surface area contributed by atoms with Gasteiger partial charge < -0.3 is 0 Å². The van der Waals surface area contributed by atoms with Crippen molar-refractivity contribution in [1.29, 1.82) is 0 Å². The lowest BCUT2D eigenvalue weighted by atomic mass is 10.3. The zero-order chi connectivity index (χ0) is 8.55. The van der Waals surface area contributed by atoms with Gasteiger partial charge in [0.1, 0.15) is 0 Å². The third-order valence-electron chi connectivity index (χ3n) is 1.46. The highest BCUT2D eigenvalue weighted by Crippen LogP contribution is 2.36. The molecule has 0 saturated carbocycles. The van der Waals surface area contributed by atoms with E-state index < -0.39 is 0 Å². The molecule has 0 atom stereocenters. The van der Waals surface area contributed by atoms with Crippen LogP contribution in [0.1, 0.15) is 0 Å². The number of anilines is 1. The molecule has 0 radical (unpaired) electrons. The second-order valence-corrected chi connectivity index (χ2v) is 3.68. The summed E-state index contributed by atoms with van der Waals surface area (Å²) in [6, 6.07) is 7.68. The first-order valence-corrected chi connectivity index (χ1v) is 4.73. The predicted octanol–water partition coefficient (Wildman–Crippen LogP) is 3.26. The molecule has 1 aliphatic heterocycles. The molecule has 0 fully saturated rings. The molecule has 0 amide bonds. The Balaban J connectivity index is 2.49. The molecule has 0 aliphatic carbocycles. The predicted molar refractivity (Wildman–Crippen MR) is 53.9 cm³/mol. The van der Waals surface area contributed by atoms with Crippen LogP contribution in [-0.2, 0) is 0 Å². The van der Waals surface area contributed by atoms with E-state index in [1.165, 1.54) is 16.4 Å². The summed E-state index contributed by atoms with van der Waals surface area (Å²) >= 11 is 12.9. The molecule has 1 aromatic carbocycles. The van der Waals surface area contributed by atoms with E-state index in [0.717, 1.165) is 10.6 Å². The monoisotopic (exact) mass is 218 g/mol. The Kier molecular flexibility index (Phi) is 2.17. The van der Waals surface area contributed by atoms with E-state index in [4.69, 9.17) is 23.4 Å². The fraction of sp³-hybridized carbons (Fsp3) is 0. The van der Waals surface area contributed by atoms with Crippen LogP contribution in [0.2, 0.25) is 0 Å². The molecule has 2 rings (SSSR count). The fourth-order valence-electron chi connectivity index (χ4n) is 0.919. The normalized spacial score (nSPS) is 15.5. The van der Waals surface area contributed by atoms with Crippen LogP contribution in [0.4, 0.5) is 5.69 Å². The Bertz CT molecular complexity index is 340. The molecule has 0 bridgehead atoms. The van der Waals surface area contributed by atoms with Crippen LogP contribution in [0.25, 0.3) is 0 Å². The van der Waals surface area contributed by atoms with Crippen LogP contribution in [0.3, 0.4) is 0 Å². The zero-order valence-corrected chi connectivity index (χ0v) is 8.20. The number of para-hydroxylation sites is 1. The number of fused-ring (bicyclic) bond motifs is 1. The van der Waals surface area contributed by atoms with Gasteiger partial charge in [-0.3, -0.25) is 0 Å². The van der Waals surface area contributed by atoms with Gasteiger partial charge in [-0.1, -0.05) is 12.1 Å². The van der Waals surface area contributed by atoms with E-state index in [0.29, 0.717) is 5.29 Å². The lowest BCUT2D eigenvalue weighted by Crippen LogP contribution is -2.17.